The van der Waals surface area contributed by atoms with Crippen molar-refractivity contribution in [3.05, 3.63) is 94.0 Å². The van der Waals surface area contributed by atoms with Crippen LogP contribution in [0.15, 0.2) is 76.5 Å². The molecule has 0 radical (unpaired) electrons. The van der Waals surface area contributed by atoms with Crippen LogP contribution < -0.4 is 5.32 Å². The van der Waals surface area contributed by atoms with E-state index in [0.717, 1.165) is 5.56 Å². The molecule has 7 heteroatoms. The molecule has 140 valence electrons. The number of carbonyl (C=O) groups excluding carboxylic acids is 2. The third kappa shape index (κ3) is 3.10. The van der Waals surface area contributed by atoms with Gasteiger partial charge in [-0.2, -0.15) is 0 Å². The molecule has 0 saturated heterocycles. The zero-order chi connectivity index (χ0) is 19.9. The number of halogens is 1. The molecule has 3 aromatic carbocycles. The van der Waals surface area contributed by atoms with Gasteiger partial charge in [-0.05, 0) is 48.0 Å². The second kappa shape index (κ2) is 6.89. The number of nitrogens with one attached hydrogen (secondary N) is 1. The summed E-state index contributed by atoms with van der Waals surface area (Å²) in [5, 5.41) is 3.29. The number of hydrogen-bond donors (Lipinski definition) is 1. The maximum Gasteiger partial charge on any atom is 0.251 e. The van der Waals surface area contributed by atoms with Crippen molar-refractivity contribution in [2.24, 2.45) is 0 Å². The van der Waals surface area contributed by atoms with Crippen LogP contribution in [0.2, 0.25) is 5.02 Å². The largest absolute Gasteiger partial charge is 0.348 e. The van der Waals surface area contributed by atoms with Gasteiger partial charge in [-0.25, -0.2) is 8.42 Å². The minimum atomic E-state index is -3.88. The molecule has 0 bridgehead atoms. The Bertz CT molecular complexity index is 1230. The smallest absolute Gasteiger partial charge is 0.251 e. The number of sulfone groups is 1. The predicted octanol–water partition coefficient (Wildman–Crippen LogP) is 3.65. The second-order valence-corrected chi connectivity index (χ2v) is 8.68. The van der Waals surface area contributed by atoms with Crippen molar-refractivity contribution < 1.29 is 18.0 Å². The van der Waals surface area contributed by atoms with Crippen LogP contribution in [0.1, 0.15) is 31.8 Å². The zero-order valence-corrected chi connectivity index (χ0v) is 16.0. The molecule has 1 amide bonds. The zero-order valence-electron chi connectivity index (χ0n) is 14.5. The lowest BCUT2D eigenvalue weighted by atomic mass is 10.0. The molecule has 1 heterocycles. The van der Waals surface area contributed by atoms with Gasteiger partial charge in [0.1, 0.15) is 0 Å². The molecule has 4 rings (SSSR count). The summed E-state index contributed by atoms with van der Waals surface area (Å²) in [4.78, 5) is 25.0. The first-order chi connectivity index (χ1) is 13.4. The van der Waals surface area contributed by atoms with Crippen LogP contribution in [0.5, 0.6) is 0 Å². The highest BCUT2D eigenvalue weighted by Gasteiger charge is 2.34. The summed E-state index contributed by atoms with van der Waals surface area (Å²) in [6.07, 6.45) is 0. The first-order valence-electron chi connectivity index (χ1n) is 8.43. The van der Waals surface area contributed by atoms with Gasteiger partial charge in [0.2, 0.25) is 9.84 Å². The Morgan fingerprint density at radius 1 is 0.893 bits per heavy atom. The van der Waals surface area contributed by atoms with Crippen LogP contribution in [0.3, 0.4) is 0 Å². The summed E-state index contributed by atoms with van der Waals surface area (Å²) in [5.74, 6) is -0.810. The summed E-state index contributed by atoms with van der Waals surface area (Å²) >= 11 is 5.93. The Balaban J connectivity index is 1.66. The number of carbonyl (C=O) groups is 2. The molecule has 1 N–H and O–H groups in total. The van der Waals surface area contributed by atoms with Crippen molar-refractivity contribution in [3.8, 4) is 0 Å². The van der Waals surface area contributed by atoms with E-state index < -0.39 is 15.7 Å². The molecule has 0 aliphatic carbocycles. The second-order valence-electron chi connectivity index (χ2n) is 6.35. The number of rotatable bonds is 3. The van der Waals surface area contributed by atoms with Gasteiger partial charge in [0, 0.05) is 28.3 Å². The molecular weight excluding hydrogens is 398 g/mol. The van der Waals surface area contributed by atoms with E-state index in [-0.39, 0.29) is 38.8 Å². The Morgan fingerprint density at radius 3 is 2.43 bits per heavy atom. The molecule has 0 aromatic heterocycles. The number of fused-ring (bicyclic) bond motifs is 2. The van der Waals surface area contributed by atoms with Crippen molar-refractivity contribution in [2.75, 3.05) is 0 Å². The SMILES string of the molecule is O=C(NCc1cccc(Cl)c1)c1ccc2c(c1)S(=O)(=O)c1ccccc1C2=O. The van der Waals surface area contributed by atoms with E-state index in [2.05, 4.69) is 5.32 Å². The minimum Gasteiger partial charge on any atom is -0.348 e. The number of amides is 1. The van der Waals surface area contributed by atoms with Gasteiger partial charge in [-0.15, -0.1) is 0 Å². The molecule has 0 atom stereocenters. The van der Waals surface area contributed by atoms with Crippen molar-refractivity contribution in [3.63, 3.8) is 0 Å². The lowest BCUT2D eigenvalue weighted by molar-refractivity contribution is 0.0948. The minimum absolute atomic E-state index is 0.0380. The molecule has 0 unspecified atom stereocenters. The third-order valence-corrected chi connectivity index (χ3v) is 6.63. The number of ketones is 1. The molecule has 1 aliphatic rings. The van der Waals surface area contributed by atoms with Crippen LogP contribution in [0, 0.1) is 0 Å². The standard InChI is InChI=1S/C21H14ClNO4S/c22-15-5-3-4-13(10-15)12-23-21(25)14-8-9-17-19(11-14)28(26,27)18-7-2-1-6-16(18)20(17)24/h1-11H,12H2,(H,23,25). The summed E-state index contributed by atoms with van der Waals surface area (Å²) < 4.78 is 25.9. The number of benzene rings is 3. The Kier molecular flexibility index (Phi) is 4.53. The van der Waals surface area contributed by atoms with Crippen molar-refractivity contribution in [1.29, 1.82) is 0 Å². The van der Waals surface area contributed by atoms with E-state index in [1.54, 1.807) is 30.3 Å². The van der Waals surface area contributed by atoms with Crippen molar-refractivity contribution >= 4 is 33.1 Å². The molecule has 1 aliphatic heterocycles. The van der Waals surface area contributed by atoms with Crippen LogP contribution in [0.25, 0.3) is 0 Å². The molecule has 0 fully saturated rings. The van der Waals surface area contributed by atoms with Gasteiger partial charge in [0.25, 0.3) is 5.91 Å². The van der Waals surface area contributed by atoms with Crippen LogP contribution in [-0.4, -0.2) is 20.1 Å². The topological polar surface area (TPSA) is 80.3 Å². The molecular formula is C21H14ClNO4S. The number of hydrogen-bond acceptors (Lipinski definition) is 4. The summed E-state index contributed by atoms with van der Waals surface area (Å²) in [7, 11) is -3.88. The van der Waals surface area contributed by atoms with Gasteiger partial charge in [-0.3, -0.25) is 9.59 Å². The summed E-state index contributed by atoms with van der Waals surface area (Å²) in [5.41, 5.74) is 1.20. The van der Waals surface area contributed by atoms with Crippen LogP contribution in [0.4, 0.5) is 0 Å². The van der Waals surface area contributed by atoms with E-state index in [1.807, 2.05) is 6.07 Å². The van der Waals surface area contributed by atoms with Gasteiger partial charge in [-0.1, -0.05) is 35.9 Å². The van der Waals surface area contributed by atoms with E-state index in [1.165, 1.54) is 30.3 Å². The highest BCUT2D eigenvalue weighted by molar-refractivity contribution is 7.91. The monoisotopic (exact) mass is 411 g/mol. The molecule has 0 spiro atoms. The first-order valence-corrected chi connectivity index (χ1v) is 10.3. The average Bonchev–Trinajstić information content (AvgIpc) is 2.70. The van der Waals surface area contributed by atoms with Gasteiger partial charge >= 0.3 is 0 Å². The fourth-order valence-electron chi connectivity index (χ4n) is 3.16. The Labute approximate surface area is 166 Å². The summed E-state index contributed by atoms with van der Waals surface area (Å²) in [6.45, 7) is 0.241. The Hall–Kier alpha value is -2.96. The van der Waals surface area contributed by atoms with E-state index in [4.69, 9.17) is 11.6 Å². The molecule has 0 saturated carbocycles. The average molecular weight is 412 g/mol. The lowest BCUT2D eigenvalue weighted by Gasteiger charge is -2.19. The lowest BCUT2D eigenvalue weighted by Crippen LogP contribution is -2.25. The molecule has 5 nitrogen and oxygen atoms in total. The Morgan fingerprint density at radius 2 is 1.64 bits per heavy atom. The van der Waals surface area contributed by atoms with Crippen molar-refractivity contribution in [2.45, 2.75) is 16.3 Å². The normalized spacial score (nSPS) is 14.1. The van der Waals surface area contributed by atoms with E-state index in [9.17, 15) is 18.0 Å². The maximum atomic E-state index is 12.9. The summed E-state index contributed by atoms with van der Waals surface area (Å²) in [6, 6.07) is 17.2. The van der Waals surface area contributed by atoms with Crippen molar-refractivity contribution in [1.82, 2.24) is 5.32 Å². The van der Waals surface area contributed by atoms with Crippen LogP contribution in [-0.2, 0) is 16.4 Å². The van der Waals surface area contributed by atoms with Gasteiger partial charge < -0.3 is 5.32 Å². The van der Waals surface area contributed by atoms with Gasteiger partial charge in [0.15, 0.2) is 5.78 Å². The quantitative estimate of drug-likeness (QED) is 0.558. The van der Waals surface area contributed by atoms with Gasteiger partial charge in [0.05, 0.1) is 9.79 Å². The van der Waals surface area contributed by atoms with E-state index in [0.29, 0.717) is 5.02 Å². The third-order valence-electron chi connectivity index (χ3n) is 4.54. The fourth-order valence-corrected chi connectivity index (χ4v) is 5.05. The predicted molar refractivity (Wildman–Crippen MR) is 104 cm³/mol. The van der Waals surface area contributed by atoms with E-state index >= 15 is 0 Å². The molecule has 3 aromatic rings. The highest BCUT2D eigenvalue weighted by atomic mass is 35.5. The first kappa shape index (κ1) is 18.4. The molecule has 28 heavy (non-hydrogen) atoms. The maximum absolute atomic E-state index is 12.9. The van der Waals surface area contributed by atoms with Crippen LogP contribution >= 0.6 is 11.6 Å². The fraction of sp³-hybridized carbons (Fsp3) is 0.0476. The highest BCUT2D eigenvalue weighted by Crippen LogP contribution is 2.34.